The van der Waals surface area contributed by atoms with E-state index in [9.17, 15) is 5.26 Å². The number of hydrogen-bond donors (Lipinski definition) is 1. The molecule has 0 aliphatic carbocycles. The summed E-state index contributed by atoms with van der Waals surface area (Å²) in [5.41, 5.74) is 3.09. The number of benzene rings is 1. The Morgan fingerprint density at radius 2 is 2.05 bits per heavy atom. The van der Waals surface area contributed by atoms with E-state index in [-0.39, 0.29) is 0 Å². The van der Waals surface area contributed by atoms with E-state index in [0.29, 0.717) is 10.5 Å². The first-order chi connectivity index (χ1) is 10.1. The molecule has 1 fully saturated rings. The zero-order chi connectivity index (χ0) is 15.2. The second kappa shape index (κ2) is 7.72. The van der Waals surface area contributed by atoms with E-state index in [1.165, 1.54) is 5.56 Å². The zero-order valence-electron chi connectivity index (χ0n) is 13.2. The monoisotopic (exact) mass is 303 g/mol. The first kappa shape index (κ1) is 16.2. The Morgan fingerprint density at radius 1 is 1.33 bits per heavy atom. The summed E-state index contributed by atoms with van der Waals surface area (Å²) in [7, 11) is 0. The topological polar surface area (TPSA) is 39.1 Å². The predicted octanol–water partition coefficient (Wildman–Crippen LogP) is 3.39. The van der Waals surface area contributed by atoms with E-state index in [0.717, 1.165) is 43.9 Å². The van der Waals surface area contributed by atoms with E-state index >= 15 is 0 Å². The molecule has 1 aromatic rings. The molecule has 0 amide bonds. The minimum atomic E-state index is 0.617. The van der Waals surface area contributed by atoms with Crippen LogP contribution in [-0.2, 0) is 6.54 Å². The Kier molecular flexibility index (Phi) is 5.96. The number of nitrogens with zero attached hydrogens (tertiary/aromatic N) is 2. The molecule has 1 aliphatic heterocycles. The average Bonchev–Trinajstić information content (AvgIpc) is 2.46. The summed E-state index contributed by atoms with van der Waals surface area (Å²) in [5, 5.41) is 14.1. The molecule has 2 rings (SSSR count). The first-order valence-corrected chi connectivity index (χ1v) is 8.72. The lowest BCUT2D eigenvalue weighted by atomic mass is 10.1. The molecule has 2 unspecified atom stereocenters. The summed E-state index contributed by atoms with van der Waals surface area (Å²) in [6, 6.07) is 8.68. The van der Waals surface area contributed by atoms with Crippen LogP contribution in [0.25, 0.3) is 0 Å². The van der Waals surface area contributed by atoms with Crippen LogP contribution in [0.2, 0.25) is 0 Å². The Hall–Kier alpha value is -1.18. The number of nitriles is 1. The lowest BCUT2D eigenvalue weighted by Gasteiger charge is -2.36. The normalized spacial score (nSPS) is 22.1. The number of rotatable bonds is 5. The molecule has 0 saturated carbocycles. The second-order valence-corrected chi connectivity index (χ2v) is 7.68. The van der Waals surface area contributed by atoms with E-state index in [2.05, 4.69) is 49.2 Å². The third-order valence-electron chi connectivity index (χ3n) is 3.70. The molecule has 1 aromatic carbocycles. The fourth-order valence-corrected chi connectivity index (χ4v) is 4.17. The minimum absolute atomic E-state index is 0.617. The van der Waals surface area contributed by atoms with Crippen LogP contribution >= 0.6 is 11.8 Å². The van der Waals surface area contributed by atoms with Gasteiger partial charge in [-0.1, -0.05) is 26.8 Å². The van der Waals surface area contributed by atoms with Gasteiger partial charge in [-0.05, 0) is 30.7 Å². The minimum Gasteiger partial charge on any atom is -0.368 e. The molecule has 21 heavy (non-hydrogen) atoms. The van der Waals surface area contributed by atoms with E-state index in [1.54, 1.807) is 0 Å². The van der Waals surface area contributed by atoms with Crippen LogP contribution in [0, 0.1) is 11.3 Å². The fourth-order valence-electron chi connectivity index (χ4n) is 2.84. The third-order valence-corrected chi connectivity index (χ3v) is 4.92. The molecule has 0 aromatic heterocycles. The third kappa shape index (κ3) is 4.39. The quantitative estimate of drug-likeness (QED) is 0.846. The average molecular weight is 303 g/mol. The van der Waals surface area contributed by atoms with Crippen molar-refractivity contribution in [2.45, 2.75) is 44.2 Å². The predicted molar refractivity (Wildman–Crippen MR) is 91.9 cm³/mol. The maximum Gasteiger partial charge on any atom is 0.101 e. The fraction of sp³-hybridized carbons (Fsp3) is 0.588. The molecule has 0 bridgehead atoms. The van der Waals surface area contributed by atoms with Crippen LogP contribution < -0.4 is 10.2 Å². The van der Waals surface area contributed by atoms with Crippen molar-refractivity contribution in [1.29, 1.82) is 5.26 Å². The van der Waals surface area contributed by atoms with E-state index in [1.807, 2.05) is 17.8 Å². The summed E-state index contributed by atoms with van der Waals surface area (Å²) in [4.78, 5) is 2.37. The molecule has 4 heteroatoms. The van der Waals surface area contributed by atoms with Crippen molar-refractivity contribution in [3.63, 3.8) is 0 Å². The van der Waals surface area contributed by atoms with Gasteiger partial charge in [-0.2, -0.15) is 17.0 Å². The molecule has 114 valence electrons. The molecule has 1 aliphatic rings. The van der Waals surface area contributed by atoms with Gasteiger partial charge in [-0.15, -0.1) is 0 Å². The van der Waals surface area contributed by atoms with Gasteiger partial charge in [0.2, 0.25) is 0 Å². The van der Waals surface area contributed by atoms with Gasteiger partial charge in [0.25, 0.3) is 0 Å². The summed E-state index contributed by atoms with van der Waals surface area (Å²) in [6.07, 6.45) is 1.13. The van der Waals surface area contributed by atoms with Crippen LogP contribution in [0.5, 0.6) is 0 Å². The highest BCUT2D eigenvalue weighted by Crippen LogP contribution is 2.30. The molecule has 0 radical (unpaired) electrons. The molecule has 1 saturated heterocycles. The second-order valence-electron chi connectivity index (χ2n) is 5.80. The molecule has 0 spiro atoms. The number of thioether (sulfide) groups is 1. The van der Waals surface area contributed by atoms with Gasteiger partial charge >= 0.3 is 0 Å². The summed E-state index contributed by atoms with van der Waals surface area (Å²) >= 11 is 2.04. The highest BCUT2D eigenvalue weighted by Gasteiger charge is 2.24. The molecular formula is C17H25N3S. The molecule has 1 heterocycles. The van der Waals surface area contributed by atoms with E-state index in [4.69, 9.17) is 0 Å². The first-order valence-electron chi connectivity index (χ1n) is 7.78. The number of anilines is 1. The Balaban J connectivity index is 2.14. The van der Waals surface area contributed by atoms with Crippen molar-refractivity contribution in [3.05, 3.63) is 29.3 Å². The highest BCUT2D eigenvalue weighted by molar-refractivity contribution is 8.00. The van der Waals surface area contributed by atoms with Crippen molar-refractivity contribution in [1.82, 2.24) is 5.32 Å². The van der Waals surface area contributed by atoms with Crippen LogP contribution in [-0.4, -0.2) is 30.1 Å². The van der Waals surface area contributed by atoms with E-state index < -0.39 is 0 Å². The van der Waals surface area contributed by atoms with Gasteiger partial charge in [0, 0.05) is 30.1 Å². The zero-order valence-corrected chi connectivity index (χ0v) is 14.0. The lowest BCUT2D eigenvalue weighted by molar-refractivity contribution is 0.675. The van der Waals surface area contributed by atoms with Crippen molar-refractivity contribution in [2.24, 2.45) is 0 Å². The van der Waals surface area contributed by atoms with Crippen LogP contribution in [0.15, 0.2) is 18.2 Å². The Bertz CT molecular complexity index is 499. The van der Waals surface area contributed by atoms with Crippen LogP contribution in [0.3, 0.4) is 0 Å². The maximum atomic E-state index is 9.47. The molecule has 2 atom stereocenters. The molecular weight excluding hydrogens is 278 g/mol. The lowest BCUT2D eigenvalue weighted by Crippen LogP contribution is -2.40. The van der Waals surface area contributed by atoms with Gasteiger partial charge in [-0.25, -0.2) is 0 Å². The standard InChI is InChI=1S/C17H25N3S/c1-4-7-19-10-15-5-6-17(16(8-15)9-18)20-11-13(2)21-14(3)12-20/h5-6,8,13-14,19H,4,7,10-12H2,1-3H3. The Labute approximate surface area is 132 Å². The number of hydrogen-bond acceptors (Lipinski definition) is 4. The summed E-state index contributed by atoms with van der Waals surface area (Å²) in [6.45, 7) is 10.6. The maximum absolute atomic E-state index is 9.47. The van der Waals surface area contributed by atoms with Crippen molar-refractivity contribution in [3.8, 4) is 6.07 Å². The SMILES string of the molecule is CCCNCc1ccc(N2CC(C)SC(C)C2)c(C#N)c1. The molecule has 1 N–H and O–H groups in total. The molecule has 3 nitrogen and oxygen atoms in total. The van der Waals surface area contributed by atoms with Gasteiger partial charge in [0.05, 0.1) is 11.3 Å². The van der Waals surface area contributed by atoms with Crippen LogP contribution in [0.4, 0.5) is 5.69 Å². The number of nitrogens with one attached hydrogen (secondary N) is 1. The Morgan fingerprint density at radius 3 is 2.67 bits per heavy atom. The van der Waals surface area contributed by atoms with Gasteiger partial charge in [-0.3, -0.25) is 0 Å². The van der Waals surface area contributed by atoms with Gasteiger partial charge < -0.3 is 10.2 Å². The highest BCUT2D eigenvalue weighted by atomic mass is 32.2. The van der Waals surface area contributed by atoms with Gasteiger partial charge in [0.1, 0.15) is 6.07 Å². The van der Waals surface area contributed by atoms with Crippen molar-refractivity contribution < 1.29 is 0 Å². The van der Waals surface area contributed by atoms with Gasteiger partial charge in [0.15, 0.2) is 0 Å². The van der Waals surface area contributed by atoms with Crippen molar-refractivity contribution >= 4 is 17.4 Å². The van der Waals surface area contributed by atoms with Crippen LogP contribution in [0.1, 0.15) is 38.3 Å². The summed E-state index contributed by atoms with van der Waals surface area (Å²) in [5.74, 6) is 0. The summed E-state index contributed by atoms with van der Waals surface area (Å²) < 4.78 is 0. The van der Waals surface area contributed by atoms with Crippen molar-refractivity contribution in [2.75, 3.05) is 24.5 Å². The smallest absolute Gasteiger partial charge is 0.101 e. The largest absolute Gasteiger partial charge is 0.368 e.